The summed E-state index contributed by atoms with van der Waals surface area (Å²) < 4.78 is 2.83. The summed E-state index contributed by atoms with van der Waals surface area (Å²) in [5, 5.41) is 0. The van der Waals surface area contributed by atoms with Gasteiger partial charge in [-0.2, -0.15) is 0 Å². The molecule has 0 radical (unpaired) electrons. The molecule has 2 heterocycles. The van der Waals surface area contributed by atoms with E-state index in [1.54, 1.807) is 0 Å². The van der Waals surface area contributed by atoms with E-state index in [1.165, 1.54) is 0 Å². The van der Waals surface area contributed by atoms with Gasteiger partial charge in [0.15, 0.2) is 4.73 Å². The first-order valence-electron chi connectivity index (χ1n) is 6.62. The second-order valence-electron chi connectivity index (χ2n) is 5.18. The third-order valence-corrected chi connectivity index (χ3v) is 4.50. The molecule has 0 unspecified atom stereocenters. The maximum Gasteiger partial charge on any atom is 0.254 e. The molecule has 1 aromatic carbocycles. The quantitative estimate of drug-likeness (QED) is 0.804. The molecule has 1 aromatic heterocycles. The largest absolute Gasteiger partial charge is 0.332 e. The minimum atomic E-state index is 0.0907. The highest BCUT2D eigenvalue weighted by atomic mass is 79.9. The predicted octanol–water partition coefficient (Wildman–Crippen LogP) is 2.69. The zero-order valence-electron chi connectivity index (χ0n) is 11.6. The number of hydrogen-bond acceptors (Lipinski definition) is 2. The van der Waals surface area contributed by atoms with E-state index < -0.39 is 0 Å². The summed E-state index contributed by atoms with van der Waals surface area (Å²) in [6.45, 7) is 3.37. The molecule has 2 aromatic rings. The first-order valence-corrected chi connectivity index (χ1v) is 7.41. The number of rotatable bonds is 1. The Morgan fingerprint density at radius 2 is 2.00 bits per heavy atom. The molecule has 0 N–H and O–H groups in total. The average molecular weight is 334 g/mol. The molecular weight excluding hydrogens is 318 g/mol. The van der Waals surface area contributed by atoms with Crippen LogP contribution in [0.2, 0.25) is 0 Å². The van der Waals surface area contributed by atoms with Crippen molar-refractivity contribution in [2.75, 3.05) is 6.54 Å². The highest BCUT2D eigenvalue weighted by Crippen LogP contribution is 2.23. The van der Waals surface area contributed by atoms with Gasteiger partial charge in [0, 0.05) is 25.6 Å². The van der Waals surface area contributed by atoms with Crippen LogP contribution in [0.25, 0.3) is 0 Å². The van der Waals surface area contributed by atoms with Crippen molar-refractivity contribution in [3.63, 3.8) is 0 Å². The number of halogens is 1. The van der Waals surface area contributed by atoms with E-state index in [4.69, 9.17) is 0 Å². The van der Waals surface area contributed by atoms with E-state index >= 15 is 0 Å². The van der Waals surface area contributed by atoms with Crippen molar-refractivity contribution in [1.29, 1.82) is 0 Å². The summed E-state index contributed by atoms with van der Waals surface area (Å²) in [4.78, 5) is 18.9. The van der Waals surface area contributed by atoms with Crippen molar-refractivity contribution in [2.45, 2.75) is 19.9 Å². The molecule has 1 aliphatic heterocycles. The fourth-order valence-corrected chi connectivity index (χ4v) is 2.93. The maximum atomic E-state index is 12.5. The number of aromatic nitrogens is 2. The number of aryl methyl sites for hydroxylation is 1. The van der Waals surface area contributed by atoms with Crippen molar-refractivity contribution < 1.29 is 4.79 Å². The van der Waals surface area contributed by atoms with Gasteiger partial charge >= 0.3 is 0 Å². The molecule has 20 heavy (non-hydrogen) atoms. The van der Waals surface area contributed by atoms with Crippen molar-refractivity contribution >= 4 is 21.8 Å². The Morgan fingerprint density at radius 1 is 1.30 bits per heavy atom. The number of carbonyl (C=O) groups excluding carboxylic acids is 1. The number of nitrogens with zero attached hydrogens (tertiary/aromatic N) is 3. The van der Waals surface area contributed by atoms with Gasteiger partial charge in [-0.15, -0.1) is 0 Å². The molecule has 1 aliphatic rings. The average Bonchev–Trinajstić information content (AvgIpc) is 2.74. The monoisotopic (exact) mass is 333 g/mol. The van der Waals surface area contributed by atoms with Crippen molar-refractivity contribution in [3.8, 4) is 0 Å². The molecule has 0 atom stereocenters. The lowest BCUT2D eigenvalue weighted by atomic mass is 10.1. The van der Waals surface area contributed by atoms with E-state index in [0.717, 1.165) is 40.2 Å². The zero-order chi connectivity index (χ0) is 14.3. The van der Waals surface area contributed by atoms with Gasteiger partial charge in [0.05, 0.1) is 17.9 Å². The molecule has 3 rings (SSSR count). The van der Waals surface area contributed by atoms with Gasteiger partial charge in [0.1, 0.15) is 0 Å². The Hall–Kier alpha value is -1.62. The fourth-order valence-electron chi connectivity index (χ4n) is 2.51. The molecule has 0 saturated heterocycles. The van der Waals surface area contributed by atoms with Crippen LogP contribution in [-0.2, 0) is 20.0 Å². The lowest BCUT2D eigenvalue weighted by Gasteiger charge is -2.27. The minimum absolute atomic E-state index is 0.0907. The number of benzene rings is 1. The molecule has 0 bridgehead atoms. The SMILES string of the molecule is Cc1ccc(C(=O)N2CCc3nc(Br)n(C)c3C2)cc1. The summed E-state index contributed by atoms with van der Waals surface area (Å²) >= 11 is 3.43. The lowest BCUT2D eigenvalue weighted by molar-refractivity contribution is 0.0730. The van der Waals surface area contributed by atoms with Crippen LogP contribution in [0, 0.1) is 6.92 Å². The molecule has 1 amide bonds. The predicted molar refractivity (Wildman–Crippen MR) is 80.5 cm³/mol. The summed E-state index contributed by atoms with van der Waals surface area (Å²) in [6, 6.07) is 7.74. The number of imidazole rings is 1. The highest BCUT2D eigenvalue weighted by molar-refractivity contribution is 9.10. The van der Waals surface area contributed by atoms with Crippen LogP contribution in [0.4, 0.5) is 0 Å². The van der Waals surface area contributed by atoms with Crippen LogP contribution < -0.4 is 0 Å². The summed E-state index contributed by atoms with van der Waals surface area (Å²) in [6.07, 6.45) is 0.812. The maximum absolute atomic E-state index is 12.5. The van der Waals surface area contributed by atoms with Crippen LogP contribution >= 0.6 is 15.9 Å². The highest BCUT2D eigenvalue weighted by Gasteiger charge is 2.25. The van der Waals surface area contributed by atoms with Crippen LogP contribution in [0.15, 0.2) is 29.0 Å². The minimum Gasteiger partial charge on any atom is -0.332 e. The summed E-state index contributed by atoms with van der Waals surface area (Å²) in [5.74, 6) is 0.0907. The molecule has 0 spiro atoms. The number of amides is 1. The zero-order valence-corrected chi connectivity index (χ0v) is 13.1. The van der Waals surface area contributed by atoms with E-state index in [2.05, 4.69) is 20.9 Å². The molecular formula is C15H16BrN3O. The van der Waals surface area contributed by atoms with Crippen LogP contribution in [-0.4, -0.2) is 26.9 Å². The van der Waals surface area contributed by atoms with Crippen LogP contribution in [0.3, 0.4) is 0 Å². The first-order chi connectivity index (χ1) is 9.56. The topological polar surface area (TPSA) is 38.1 Å². The van der Waals surface area contributed by atoms with Gasteiger partial charge in [0.2, 0.25) is 0 Å². The Morgan fingerprint density at radius 3 is 2.70 bits per heavy atom. The number of carbonyl (C=O) groups is 1. The van der Waals surface area contributed by atoms with E-state index in [0.29, 0.717) is 6.54 Å². The van der Waals surface area contributed by atoms with Gasteiger partial charge in [0.25, 0.3) is 5.91 Å². The standard InChI is InChI=1S/C15H16BrN3O/c1-10-3-5-11(6-4-10)14(20)19-8-7-12-13(9-19)18(2)15(16)17-12/h3-6H,7-9H2,1-2H3. The summed E-state index contributed by atoms with van der Waals surface area (Å²) in [7, 11) is 1.97. The van der Waals surface area contributed by atoms with Gasteiger partial charge in [-0.1, -0.05) is 17.7 Å². The molecule has 0 fully saturated rings. The Bertz CT molecular complexity index is 661. The molecule has 5 heteroatoms. The Kier molecular flexibility index (Phi) is 3.38. The third-order valence-electron chi connectivity index (χ3n) is 3.79. The van der Waals surface area contributed by atoms with Gasteiger partial charge in [-0.3, -0.25) is 4.79 Å². The molecule has 104 valence electrons. The normalized spacial score (nSPS) is 14.2. The summed E-state index contributed by atoms with van der Waals surface area (Å²) in [5.41, 5.74) is 4.12. The molecule has 0 aliphatic carbocycles. The molecule has 0 saturated carbocycles. The lowest BCUT2D eigenvalue weighted by Crippen LogP contribution is -2.36. The first kappa shape index (κ1) is 13.4. The third kappa shape index (κ3) is 2.26. The van der Waals surface area contributed by atoms with E-state index in [1.807, 2.05) is 47.7 Å². The molecule has 4 nitrogen and oxygen atoms in total. The smallest absolute Gasteiger partial charge is 0.254 e. The number of fused-ring (bicyclic) bond motifs is 1. The van der Waals surface area contributed by atoms with Crippen molar-refractivity contribution in [3.05, 3.63) is 51.5 Å². The second-order valence-corrected chi connectivity index (χ2v) is 5.89. The van der Waals surface area contributed by atoms with Crippen molar-refractivity contribution in [1.82, 2.24) is 14.5 Å². The van der Waals surface area contributed by atoms with Crippen molar-refractivity contribution in [2.24, 2.45) is 7.05 Å². The number of hydrogen-bond donors (Lipinski definition) is 0. The van der Waals surface area contributed by atoms with Gasteiger partial charge < -0.3 is 9.47 Å². The van der Waals surface area contributed by atoms with Gasteiger partial charge in [-0.05, 0) is 35.0 Å². The van der Waals surface area contributed by atoms with E-state index in [9.17, 15) is 4.79 Å². The van der Waals surface area contributed by atoms with E-state index in [-0.39, 0.29) is 5.91 Å². The Balaban J connectivity index is 1.84. The Labute approximate surface area is 126 Å². The van der Waals surface area contributed by atoms with Crippen LogP contribution in [0.5, 0.6) is 0 Å². The fraction of sp³-hybridized carbons (Fsp3) is 0.333. The van der Waals surface area contributed by atoms with Gasteiger partial charge in [-0.25, -0.2) is 4.98 Å². The van der Waals surface area contributed by atoms with Crippen LogP contribution in [0.1, 0.15) is 27.3 Å². The second kappa shape index (κ2) is 5.05.